The molecule has 0 aliphatic heterocycles. The first kappa shape index (κ1) is 15.9. The van der Waals surface area contributed by atoms with Gasteiger partial charge in [0.05, 0.1) is 10.6 Å². The Balaban J connectivity index is 1.87. The van der Waals surface area contributed by atoms with E-state index < -0.39 is 0 Å². The molecule has 4 rings (SSSR count). The molecule has 2 aromatic heterocycles. The Bertz CT molecular complexity index is 860. The van der Waals surface area contributed by atoms with Crippen molar-refractivity contribution >= 4 is 33.7 Å². The number of benzene rings is 1. The minimum atomic E-state index is -0.336. The Hall–Kier alpha value is -1.59. The molecule has 0 saturated heterocycles. The molecule has 1 aromatic carbocycles. The summed E-state index contributed by atoms with van der Waals surface area (Å²) in [5, 5.41) is 6.10. The third kappa shape index (κ3) is 2.70. The molecule has 3 aromatic rings. The number of nitrogens with one attached hydrogen (secondary N) is 1. The number of thiazole rings is 1. The molecule has 1 fully saturated rings. The Kier molecular flexibility index (Phi) is 4.22. The number of hydrogen-bond donors (Lipinski definition) is 1. The van der Waals surface area contributed by atoms with Gasteiger partial charge in [-0.15, -0.1) is 11.3 Å². The lowest BCUT2D eigenvalue weighted by Gasteiger charge is -2.24. The van der Waals surface area contributed by atoms with E-state index in [0.29, 0.717) is 22.3 Å². The predicted molar refractivity (Wildman–Crippen MR) is 98.7 cm³/mol. The first-order valence-corrected chi connectivity index (χ1v) is 9.58. The van der Waals surface area contributed by atoms with Crippen LogP contribution in [0.2, 0.25) is 5.02 Å². The summed E-state index contributed by atoms with van der Waals surface area (Å²) < 4.78 is 16.6. The molecule has 3 nitrogen and oxygen atoms in total. The summed E-state index contributed by atoms with van der Waals surface area (Å²) in [6.07, 6.45) is 6.04. The lowest BCUT2D eigenvalue weighted by atomic mass is 9.95. The molecule has 0 radical (unpaired) electrons. The number of nitrogens with zero attached hydrogens (tertiary/aromatic N) is 2. The zero-order valence-electron chi connectivity index (χ0n) is 13.5. The molecule has 0 unspecified atom stereocenters. The smallest absolute Gasteiger partial charge is 0.196 e. The Morgan fingerprint density at radius 2 is 2.08 bits per heavy atom. The molecule has 2 heterocycles. The normalized spacial score (nSPS) is 16.0. The van der Waals surface area contributed by atoms with E-state index >= 15 is 0 Å². The second kappa shape index (κ2) is 6.37. The number of rotatable bonds is 3. The van der Waals surface area contributed by atoms with Crippen LogP contribution in [0.5, 0.6) is 0 Å². The van der Waals surface area contributed by atoms with Gasteiger partial charge in [0.25, 0.3) is 0 Å². The SMILES string of the molecule is Cc1csc2nc(-c3c(F)cccc3Cl)c(NC3CCCCC3)n12. The van der Waals surface area contributed by atoms with E-state index in [9.17, 15) is 4.39 Å². The Labute approximate surface area is 149 Å². The van der Waals surface area contributed by atoms with Gasteiger partial charge in [0.1, 0.15) is 17.3 Å². The molecule has 1 saturated carbocycles. The largest absolute Gasteiger partial charge is 0.367 e. The molecule has 0 amide bonds. The maximum absolute atomic E-state index is 14.5. The van der Waals surface area contributed by atoms with Crippen LogP contribution < -0.4 is 5.32 Å². The van der Waals surface area contributed by atoms with Crippen LogP contribution in [0.4, 0.5) is 10.2 Å². The summed E-state index contributed by atoms with van der Waals surface area (Å²) in [5.41, 5.74) is 2.09. The van der Waals surface area contributed by atoms with Gasteiger partial charge in [0.15, 0.2) is 4.96 Å². The van der Waals surface area contributed by atoms with E-state index in [1.807, 2.05) is 6.92 Å². The lowest BCUT2D eigenvalue weighted by Crippen LogP contribution is -2.23. The molecule has 6 heteroatoms. The van der Waals surface area contributed by atoms with Crippen LogP contribution in [-0.4, -0.2) is 15.4 Å². The van der Waals surface area contributed by atoms with E-state index in [0.717, 1.165) is 29.3 Å². The molecular weight excluding hydrogens is 345 g/mol. The van der Waals surface area contributed by atoms with Gasteiger partial charge in [-0.25, -0.2) is 9.37 Å². The number of anilines is 1. The van der Waals surface area contributed by atoms with E-state index in [1.54, 1.807) is 23.5 Å². The van der Waals surface area contributed by atoms with Gasteiger partial charge in [-0.1, -0.05) is 36.9 Å². The molecule has 1 aliphatic rings. The third-order valence-corrected chi connectivity index (χ3v) is 5.94. The minimum absolute atomic E-state index is 0.336. The summed E-state index contributed by atoms with van der Waals surface area (Å²) in [4.78, 5) is 5.55. The first-order valence-electron chi connectivity index (χ1n) is 8.32. The van der Waals surface area contributed by atoms with Crippen molar-refractivity contribution in [3.05, 3.63) is 40.1 Å². The second-order valence-electron chi connectivity index (χ2n) is 6.38. The lowest BCUT2D eigenvalue weighted by molar-refractivity contribution is 0.461. The highest BCUT2D eigenvalue weighted by Crippen LogP contribution is 2.38. The standard InChI is InChI=1S/C18H19ClFN3S/c1-11-10-24-18-22-16(15-13(19)8-5-9-14(15)20)17(23(11)18)21-12-6-3-2-4-7-12/h5,8-10,12,21H,2-4,6-7H2,1H3. The summed E-state index contributed by atoms with van der Waals surface area (Å²) in [6, 6.07) is 5.18. The molecule has 0 bridgehead atoms. The van der Waals surface area contributed by atoms with Gasteiger partial charge in [-0.3, -0.25) is 4.40 Å². The second-order valence-corrected chi connectivity index (χ2v) is 7.62. The number of halogens is 2. The summed E-state index contributed by atoms with van der Waals surface area (Å²) in [5.74, 6) is 0.528. The van der Waals surface area contributed by atoms with Crippen molar-refractivity contribution < 1.29 is 4.39 Å². The zero-order valence-corrected chi connectivity index (χ0v) is 15.1. The van der Waals surface area contributed by atoms with Crippen LogP contribution >= 0.6 is 22.9 Å². The number of aromatic nitrogens is 2. The fourth-order valence-corrected chi connectivity index (χ4v) is 4.59. The first-order chi connectivity index (χ1) is 11.6. The van der Waals surface area contributed by atoms with E-state index in [4.69, 9.17) is 11.6 Å². The molecule has 0 atom stereocenters. The molecule has 0 spiro atoms. The highest BCUT2D eigenvalue weighted by molar-refractivity contribution is 7.15. The maximum Gasteiger partial charge on any atom is 0.196 e. The van der Waals surface area contributed by atoms with Gasteiger partial charge in [0, 0.05) is 17.1 Å². The molecule has 126 valence electrons. The monoisotopic (exact) mass is 363 g/mol. The average Bonchev–Trinajstić information content (AvgIpc) is 3.10. The average molecular weight is 364 g/mol. The molecule has 24 heavy (non-hydrogen) atoms. The van der Waals surface area contributed by atoms with Gasteiger partial charge in [-0.2, -0.15) is 0 Å². The van der Waals surface area contributed by atoms with Gasteiger partial charge in [-0.05, 0) is 31.9 Å². The minimum Gasteiger partial charge on any atom is -0.367 e. The molecular formula is C18H19ClFN3S. The van der Waals surface area contributed by atoms with Crippen LogP contribution in [0.1, 0.15) is 37.8 Å². The highest BCUT2D eigenvalue weighted by Gasteiger charge is 2.24. The Morgan fingerprint density at radius 3 is 2.83 bits per heavy atom. The summed E-state index contributed by atoms with van der Waals surface area (Å²) >= 11 is 7.86. The maximum atomic E-state index is 14.5. The topological polar surface area (TPSA) is 29.3 Å². The van der Waals surface area contributed by atoms with Crippen LogP contribution in [0.25, 0.3) is 16.2 Å². The molecule has 1 N–H and O–H groups in total. The van der Waals surface area contributed by atoms with Crippen molar-refractivity contribution in [1.29, 1.82) is 0 Å². The Morgan fingerprint density at radius 1 is 1.29 bits per heavy atom. The van der Waals surface area contributed by atoms with E-state index in [-0.39, 0.29) is 5.82 Å². The van der Waals surface area contributed by atoms with Crippen molar-refractivity contribution in [2.45, 2.75) is 45.1 Å². The van der Waals surface area contributed by atoms with E-state index in [2.05, 4.69) is 20.1 Å². The highest BCUT2D eigenvalue weighted by atomic mass is 35.5. The van der Waals surface area contributed by atoms with Crippen LogP contribution in [-0.2, 0) is 0 Å². The van der Waals surface area contributed by atoms with Crippen LogP contribution in [0.3, 0.4) is 0 Å². The zero-order chi connectivity index (χ0) is 16.7. The summed E-state index contributed by atoms with van der Waals surface area (Å²) in [6.45, 7) is 2.05. The van der Waals surface area contributed by atoms with Crippen LogP contribution in [0, 0.1) is 12.7 Å². The van der Waals surface area contributed by atoms with Crippen LogP contribution in [0.15, 0.2) is 23.6 Å². The number of imidazole rings is 1. The quantitative estimate of drug-likeness (QED) is 0.626. The fraction of sp³-hybridized carbons (Fsp3) is 0.389. The van der Waals surface area contributed by atoms with E-state index in [1.165, 1.54) is 25.3 Å². The van der Waals surface area contributed by atoms with Crippen molar-refractivity contribution in [2.24, 2.45) is 0 Å². The van der Waals surface area contributed by atoms with Crippen molar-refractivity contribution in [1.82, 2.24) is 9.38 Å². The number of hydrogen-bond acceptors (Lipinski definition) is 3. The number of fused-ring (bicyclic) bond motifs is 1. The van der Waals surface area contributed by atoms with Crippen molar-refractivity contribution in [3.8, 4) is 11.3 Å². The van der Waals surface area contributed by atoms with Crippen molar-refractivity contribution in [2.75, 3.05) is 5.32 Å². The van der Waals surface area contributed by atoms with Gasteiger partial charge >= 0.3 is 0 Å². The van der Waals surface area contributed by atoms with Gasteiger partial charge in [0.2, 0.25) is 0 Å². The predicted octanol–water partition coefficient (Wildman–Crippen LogP) is 5.91. The fourth-order valence-electron chi connectivity index (χ4n) is 3.47. The number of aryl methyl sites for hydroxylation is 1. The molecule has 1 aliphatic carbocycles. The third-order valence-electron chi connectivity index (χ3n) is 4.68. The summed E-state index contributed by atoms with van der Waals surface area (Å²) in [7, 11) is 0. The van der Waals surface area contributed by atoms with Gasteiger partial charge < -0.3 is 5.32 Å². The van der Waals surface area contributed by atoms with Crippen molar-refractivity contribution in [3.63, 3.8) is 0 Å².